The smallest absolute Gasteiger partial charge is 0.194 e. The minimum atomic E-state index is 0. The molecule has 0 unspecified atom stereocenters. The maximum absolute atomic E-state index is 4.44. The molecule has 24 heavy (non-hydrogen) atoms. The molecular formula is C17H24IN5S. The third-order valence-corrected chi connectivity index (χ3v) is 5.16. The zero-order valence-electron chi connectivity index (χ0n) is 14.1. The van der Waals surface area contributed by atoms with E-state index in [0.717, 1.165) is 44.5 Å². The van der Waals surface area contributed by atoms with Crippen molar-refractivity contribution in [3.63, 3.8) is 0 Å². The molecule has 3 heterocycles. The minimum Gasteiger partial charge on any atom is -0.353 e. The molecule has 0 spiro atoms. The second-order valence-corrected chi connectivity index (χ2v) is 6.59. The molecule has 0 aliphatic carbocycles. The summed E-state index contributed by atoms with van der Waals surface area (Å²) in [6, 6.07) is 8.23. The van der Waals surface area contributed by atoms with Crippen LogP contribution >= 0.6 is 35.3 Å². The summed E-state index contributed by atoms with van der Waals surface area (Å²) >= 11 is 1.79. The zero-order chi connectivity index (χ0) is 16.1. The van der Waals surface area contributed by atoms with Gasteiger partial charge < -0.3 is 15.1 Å². The minimum absolute atomic E-state index is 0. The highest BCUT2D eigenvalue weighted by Crippen LogP contribution is 2.16. The van der Waals surface area contributed by atoms with Crippen molar-refractivity contribution in [1.82, 2.24) is 15.2 Å². The highest BCUT2D eigenvalue weighted by Gasteiger charge is 2.20. The van der Waals surface area contributed by atoms with Gasteiger partial charge in [0.2, 0.25) is 0 Å². The number of aliphatic imine (C=N–C) groups is 1. The van der Waals surface area contributed by atoms with E-state index in [-0.39, 0.29) is 24.0 Å². The lowest BCUT2D eigenvalue weighted by atomic mass is 10.3. The maximum Gasteiger partial charge on any atom is 0.194 e. The predicted molar refractivity (Wildman–Crippen MR) is 113 cm³/mol. The van der Waals surface area contributed by atoms with Crippen LogP contribution in [0, 0.1) is 6.92 Å². The van der Waals surface area contributed by atoms with Crippen LogP contribution in [-0.4, -0.2) is 49.1 Å². The fourth-order valence-electron chi connectivity index (χ4n) is 2.76. The summed E-state index contributed by atoms with van der Waals surface area (Å²) in [5, 5.41) is 5.63. The fraction of sp³-hybridized carbons (Fsp3) is 0.412. The first-order chi connectivity index (χ1) is 11.3. The van der Waals surface area contributed by atoms with Gasteiger partial charge in [-0.3, -0.25) is 4.99 Å². The first-order valence-electron chi connectivity index (χ1n) is 7.92. The van der Waals surface area contributed by atoms with E-state index in [1.54, 1.807) is 11.3 Å². The highest BCUT2D eigenvalue weighted by atomic mass is 127. The van der Waals surface area contributed by atoms with Crippen molar-refractivity contribution in [1.29, 1.82) is 0 Å². The molecule has 3 rings (SSSR count). The number of nitrogens with one attached hydrogen (secondary N) is 1. The van der Waals surface area contributed by atoms with Gasteiger partial charge in [0, 0.05) is 44.3 Å². The van der Waals surface area contributed by atoms with E-state index in [2.05, 4.69) is 49.5 Å². The topological polar surface area (TPSA) is 43.8 Å². The molecule has 0 amide bonds. The molecule has 7 heteroatoms. The molecule has 0 aromatic carbocycles. The summed E-state index contributed by atoms with van der Waals surface area (Å²) in [5.74, 6) is 2.04. The highest BCUT2D eigenvalue weighted by molar-refractivity contribution is 14.0. The Hall–Kier alpha value is -1.35. The molecule has 1 fully saturated rings. The third kappa shape index (κ3) is 4.60. The number of aryl methyl sites for hydroxylation is 1. The molecule has 0 saturated carbocycles. The van der Waals surface area contributed by atoms with Crippen molar-refractivity contribution >= 4 is 47.1 Å². The largest absolute Gasteiger partial charge is 0.353 e. The maximum atomic E-state index is 4.44. The Balaban J connectivity index is 0.00000208. The second-order valence-electron chi connectivity index (χ2n) is 5.59. The molecule has 1 N–H and O–H groups in total. The van der Waals surface area contributed by atoms with Crippen molar-refractivity contribution in [3.8, 4) is 0 Å². The number of anilines is 1. The molecular weight excluding hydrogens is 433 g/mol. The summed E-state index contributed by atoms with van der Waals surface area (Å²) in [6.45, 7) is 6.85. The summed E-state index contributed by atoms with van der Waals surface area (Å²) in [7, 11) is 1.86. The second kappa shape index (κ2) is 9.22. The van der Waals surface area contributed by atoms with Gasteiger partial charge in [-0.2, -0.15) is 0 Å². The van der Waals surface area contributed by atoms with Gasteiger partial charge in [-0.1, -0.05) is 6.07 Å². The normalized spacial score (nSPS) is 15.2. The lowest BCUT2D eigenvalue weighted by molar-refractivity contribution is 0.371. The van der Waals surface area contributed by atoms with Crippen LogP contribution in [0.1, 0.15) is 10.4 Å². The molecule has 0 radical (unpaired) electrons. The van der Waals surface area contributed by atoms with Crippen molar-refractivity contribution in [3.05, 3.63) is 46.3 Å². The Morgan fingerprint density at radius 1 is 1.25 bits per heavy atom. The van der Waals surface area contributed by atoms with Crippen LogP contribution in [0.25, 0.3) is 0 Å². The first kappa shape index (κ1) is 19.0. The van der Waals surface area contributed by atoms with Crippen LogP contribution in [0.4, 0.5) is 5.82 Å². The van der Waals surface area contributed by atoms with Gasteiger partial charge in [-0.25, -0.2) is 4.98 Å². The summed E-state index contributed by atoms with van der Waals surface area (Å²) < 4.78 is 0. The standard InChI is InChI=1S/C17H23N5S.HI/c1-14-6-12-23-15(14)13-20-17(18-2)22-10-8-21(9-11-22)16-5-3-4-7-19-16;/h3-7,12H,8-11,13H2,1-2H3,(H,18,20);1H. The Morgan fingerprint density at radius 3 is 2.62 bits per heavy atom. The molecule has 1 saturated heterocycles. The van der Waals surface area contributed by atoms with Crippen molar-refractivity contribution < 1.29 is 0 Å². The van der Waals surface area contributed by atoms with Gasteiger partial charge in [0.15, 0.2) is 5.96 Å². The number of piperazine rings is 1. The SMILES string of the molecule is CN=C(NCc1sccc1C)N1CCN(c2ccccn2)CC1.I. The Bertz CT molecular complexity index is 650. The van der Waals surface area contributed by atoms with Crippen molar-refractivity contribution in [2.45, 2.75) is 13.5 Å². The summed E-state index contributed by atoms with van der Waals surface area (Å²) in [6.07, 6.45) is 1.85. The van der Waals surface area contributed by atoms with E-state index >= 15 is 0 Å². The average molecular weight is 457 g/mol. The number of nitrogens with zero attached hydrogens (tertiary/aromatic N) is 4. The number of aromatic nitrogens is 1. The fourth-order valence-corrected chi connectivity index (χ4v) is 3.61. The molecule has 2 aromatic heterocycles. The molecule has 0 atom stereocenters. The van der Waals surface area contributed by atoms with Gasteiger partial charge in [0.25, 0.3) is 0 Å². The Kier molecular flexibility index (Phi) is 7.29. The van der Waals surface area contributed by atoms with Crippen LogP contribution in [-0.2, 0) is 6.54 Å². The molecule has 1 aliphatic heterocycles. The summed E-state index contributed by atoms with van der Waals surface area (Å²) in [5.41, 5.74) is 1.35. The number of hydrogen-bond acceptors (Lipinski definition) is 4. The number of hydrogen-bond donors (Lipinski definition) is 1. The van der Waals surface area contributed by atoms with E-state index in [0.29, 0.717) is 0 Å². The van der Waals surface area contributed by atoms with Gasteiger partial charge in [0.05, 0.1) is 6.54 Å². The van der Waals surface area contributed by atoms with E-state index in [1.807, 2.05) is 25.4 Å². The van der Waals surface area contributed by atoms with Crippen LogP contribution in [0.15, 0.2) is 40.8 Å². The number of guanidine groups is 1. The van der Waals surface area contributed by atoms with Gasteiger partial charge in [0.1, 0.15) is 5.82 Å². The van der Waals surface area contributed by atoms with Crippen molar-refractivity contribution in [2.75, 3.05) is 38.1 Å². The van der Waals surface area contributed by atoms with E-state index in [1.165, 1.54) is 10.4 Å². The molecule has 2 aromatic rings. The molecule has 5 nitrogen and oxygen atoms in total. The van der Waals surface area contributed by atoms with E-state index in [9.17, 15) is 0 Å². The Morgan fingerprint density at radius 2 is 2.04 bits per heavy atom. The zero-order valence-corrected chi connectivity index (χ0v) is 17.3. The third-order valence-electron chi connectivity index (χ3n) is 4.14. The van der Waals surface area contributed by atoms with Gasteiger partial charge >= 0.3 is 0 Å². The Labute approximate surface area is 164 Å². The van der Waals surface area contributed by atoms with Gasteiger partial charge in [-0.15, -0.1) is 35.3 Å². The number of rotatable bonds is 3. The van der Waals surface area contributed by atoms with Crippen molar-refractivity contribution in [2.24, 2.45) is 4.99 Å². The van der Waals surface area contributed by atoms with E-state index in [4.69, 9.17) is 0 Å². The van der Waals surface area contributed by atoms with Crippen LogP contribution in [0.3, 0.4) is 0 Å². The van der Waals surface area contributed by atoms with Crippen LogP contribution in [0.5, 0.6) is 0 Å². The molecule has 0 bridgehead atoms. The lowest BCUT2D eigenvalue weighted by Crippen LogP contribution is -2.52. The summed E-state index contributed by atoms with van der Waals surface area (Å²) in [4.78, 5) is 14.9. The van der Waals surface area contributed by atoms with Crippen LogP contribution < -0.4 is 10.2 Å². The lowest BCUT2D eigenvalue weighted by Gasteiger charge is -2.37. The van der Waals surface area contributed by atoms with Crippen LogP contribution in [0.2, 0.25) is 0 Å². The monoisotopic (exact) mass is 457 g/mol. The predicted octanol–water partition coefficient (Wildman–Crippen LogP) is 2.97. The number of pyridine rings is 1. The average Bonchev–Trinajstić information content (AvgIpc) is 3.02. The number of thiophene rings is 1. The number of halogens is 1. The van der Waals surface area contributed by atoms with E-state index < -0.39 is 0 Å². The first-order valence-corrected chi connectivity index (χ1v) is 8.80. The molecule has 130 valence electrons. The quantitative estimate of drug-likeness (QED) is 0.438. The van der Waals surface area contributed by atoms with Gasteiger partial charge in [-0.05, 0) is 36.1 Å². The molecule has 1 aliphatic rings.